The van der Waals surface area contributed by atoms with Gasteiger partial charge in [0.1, 0.15) is 0 Å². The predicted molar refractivity (Wildman–Crippen MR) is 108 cm³/mol. The van der Waals surface area contributed by atoms with Crippen LogP contribution in [-0.2, 0) is 16.6 Å². The fourth-order valence-corrected chi connectivity index (χ4v) is 5.94. The first kappa shape index (κ1) is 18.5. The van der Waals surface area contributed by atoms with Crippen LogP contribution in [0.15, 0.2) is 32.9 Å². The SMILES string of the molecule is CC(C)c1nc(CNC(=O)c2ccc3c(c2)SC2=NS(=O)(=O)CCN23)cs1. The number of nitrogens with one attached hydrogen (secondary N) is 1. The van der Waals surface area contributed by atoms with Crippen molar-refractivity contribution >= 4 is 49.9 Å². The van der Waals surface area contributed by atoms with Crippen molar-refractivity contribution in [3.63, 3.8) is 0 Å². The smallest absolute Gasteiger partial charge is 0.257 e. The molecule has 1 N–H and O–H groups in total. The number of carbonyl (C=O) groups excluding carboxylic acids is 1. The molecule has 2 aliphatic heterocycles. The quantitative estimate of drug-likeness (QED) is 0.815. The molecule has 142 valence electrons. The summed E-state index contributed by atoms with van der Waals surface area (Å²) in [5.74, 6) is 0.195. The molecule has 7 nitrogen and oxygen atoms in total. The van der Waals surface area contributed by atoms with Gasteiger partial charge in [-0.2, -0.15) is 0 Å². The Kier molecular flexibility index (Phi) is 4.73. The van der Waals surface area contributed by atoms with E-state index in [2.05, 4.69) is 28.5 Å². The van der Waals surface area contributed by atoms with Crippen molar-refractivity contribution in [1.29, 1.82) is 0 Å². The van der Waals surface area contributed by atoms with Gasteiger partial charge in [-0.25, -0.2) is 13.4 Å². The van der Waals surface area contributed by atoms with E-state index >= 15 is 0 Å². The van der Waals surface area contributed by atoms with E-state index in [1.807, 2.05) is 16.3 Å². The van der Waals surface area contributed by atoms with Gasteiger partial charge in [0.25, 0.3) is 15.9 Å². The molecule has 10 heteroatoms. The van der Waals surface area contributed by atoms with Crippen LogP contribution in [0, 0.1) is 0 Å². The van der Waals surface area contributed by atoms with Crippen molar-refractivity contribution < 1.29 is 13.2 Å². The second kappa shape index (κ2) is 6.92. The number of thioether (sulfide) groups is 1. The Morgan fingerprint density at radius 1 is 1.37 bits per heavy atom. The van der Waals surface area contributed by atoms with Gasteiger partial charge in [-0.05, 0) is 30.0 Å². The zero-order chi connectivity index (χ0) is 19.2. The molecule has 0 saturated carbocycles. The number of hydrogen-bond acceptors (Lipinski definition) is 7. The van der Waals surface area contributed by atoms with Gasteiger partial charge in [0.2, 0.25) is 0 Å². The number of carbonyl (C=O) groups is 1. The molecule has 1 aromatic heterocycles. The van der Waals surface area contributed by atoms with Gasteiger partial charge >= 0.3 is 0 Å². The number of fused-ring (bicyclic) bond motifs is 3. The highest BCUT2D eigenvalue weighted by atomic mass is 32.2. The number of nitrogens with zero attached hydrogens (tertiary/aromatic N) is 3. The van der Waals surface area contributed by atoms with E-state index in [4.69, 9.17) is 0 Å². The summed E-state index contributed by atoms with van der Waals surface area (Å²) in [4.78, 5) is 19.7. The minimum absolute atomic E-state index is 0.00471. The maximum absolute atomic E-state index is 12.5. The molecule has 0 atom stereocenters. The lowest BCUT2D eigenvalue weighted by atomic mass is 10.2. The van der Waals surface area contributed by atoms with E-state index in [1.54, 1.807) is 23.5 Å². The number of thiazole rings is 1. The van der Waals surface area contributed by atoms with E-state index in [0.717, 1.165) is 21.3 Å². The van der Waals surface area contributed by atoms with Crippen LogP contribution in [0.3, 0.4) is 0 Å². The van der Waals surface area contributed by atoms with E-state index in [9.17, 15) is 13.2 Å². The van der Waals surface area contributed by atoms with Crippen LogP contribution in [0.25, 0.3) is 0 Å². The van der Waals surface area contributed by atoms with Crippen molar-refractivity contribution in [3.05, 3.63) is 39.8 Å². The van der Waals surface area contributed by atoms with Crippen LogP contribution < -0.4 is 10.2 Å². The van der Waals surface area contributed by atoms with E-state index in [1.165, 1.54) is 11.8 Å². The Morgan fingerprint density at radius 3 is 2.93 bits per heavy atom. The zero-order valence-corrected chi connectivity index (χ0v) is 17.2. The van der Waals surface area contributed by atoms with Crippen molar-refractivity contribution in [1.82, 2.24) is 10.3 Å². The van der Waals surface area contributed by atoms with Gasteiger partial charge in [-0.1, -0.05) is 13.8 Å². The summed E-state index contributed by atoms with van der Waals surface area (Å²) in [7, 11) is -3.38. The van der Waals surface area contributed by atoms with Crippen LogP contribution in [0.2, 0.25) is 0 Å². The third-order valence-electron chi connectivity index (χ3n) is 4.23. The Balaban J connectivity index is 1.47. The van der Waals surface area contributed by atoms with E-state index < -0.39 is 10.0 Å². The highest BCUT2D eigenvalue weighted by molar-refractivity contribution is 8.15. The number of amidine groups is 1. The van der Waals surface area contributed by atoms with Crippen molar-refractivity contribution in [3.8, 4) is 0 Å². The van der Waals surface area contributed by atoms with E-state index in [-0.39, 0.29) is 11.7 Å². The largest absolute Gasteiger partial charge is 0.346 e. The summed E-state index contributed by atoms with van der Waals surface area (Å²) in [5, 5.41) is 6.37. The molecule has 1 amide bonds. The average Bonchev–Trinajstić information content (AvgIpc) is 3.22. The number of hydrogen-bond donors (Lipinski definition) is 1. The number of aromatic nitrogens is 1. The first-order chi connectivity index (χ1) is 12.8. The Morgan fingerprint density at radius 2 is 2.19 bits per heavy atom. The molecule has 2 aliphatic rings. The highest BCUT2D eigenvalue weighted by Crippen LogP contribution is 2.42. The molecule has 0 bridgehead atoms. The molecule has 0 fully saturated rings. The number of rotatable bonds is 4. The number of benzene rings is 1. The van der Waals surface area contributed by atoms with Gasteiger partial charge in [0.15, 0.2) is 5.17 Å². The van der Waals surface area contributed by atoms with Gasteiger partial charge < -0.3 is 10.2 Å². The van der Waals surface area contributed by atoms with Crippen LogP contribution in [-0.4, -0.2) is 36.8 Å². The zero-order valence-electron chi connectivity index (χ0n) is 14.8. The summed E-state index contributed by atoms with van der Waals surface area (Å²) in [6.45, 7) is 4.94. The third kappa shape index (κ3) is 3.74. The molecule has 0 saturated heterocycles. The standard InChI is InChI=1S/C17H18N4O3S3/c1-10(2)16-19-12(9-25-16)8-18-15(22)11-3-4-13-14(7-11)26-17-20-27(23,24)6-5-21(13)17/h3-4,7,9-10H,5-6,8H2,1-2H3,(H,18,22). The lowest BCUT2D eigenvalue weighted by molar-refractivity contribution is 0.0950. The first-order valence-corrected chi connectivity index (χ1v) is 11.8. The minimum atomic E-state index is -3.38. The molecule has 1 aromatic carbocycles. The number of anilines is 1. The Hall–Kier alpha value is -1.91. The van der Waals surface area contributed by atoms with Crippen LogP contribution in [0.4, 0.5) is 5.69 Å². The molecule has 0 aliphatic carbocycles. The molecule has 0 spiro atoms. The molecular formula is C17H18N4O3S3. The monoisotopic (exact) mass is 422 g/mol. The van der Waals surface area contributed by atoms with Gasteiger partial charge in [0, 0.05) is 28.3 Å². The molecule has 27 heavy (non-hydrogen) atoms. The fraction of sp³-hybridized carbons (Fsp3) is 0.353. The number of sulfonamides is 1. The van der Waals surface area contributed by atoms with Gasteiger partial charge in [0.05, 0.1) is 28.7 Å². The molecule has 3 heterocycles. The lowest BCUT2D eigenvalue weighted by Gasteiger charge is -2.22. The summed E-state index contributed by atoms with van der Waals surface area (Å²) in [6, 6.07) is 5.38. The van der Waals surface area contributed by atoms with Crippen LogP contribution >= 0.6 is 23.1 Å². The predicted octanol–water partition coefficient (Wildman–Crippen LogP) is 2.81. The van der Waals surface area contributed by atoms with Crippen LogP contribution in [0.5, 0.6) is 0 Å². The Bertz CT molecular complexity index is 1040. The maximum atomic E-state index is 12.5. The van der Waals surface area contributed by atoms with E-state index in [0.29, 0.717) is 29.7 Å². The molecular weight excluding hydrogens is 404 g/mol. The maximum Gasteiger partial charge on any atom is 0.257 e. The fourth-order valence-electron chi connectivity index (χ4n) is 2.81. The average molecular weight is 423 g/mol. The summed E-state index contributed by atoms with van der Waals surface area (Å²) >= 11 is 2.88. The number of amides is 1. The van der Waals surface area contributed by atoms with Gasteiger partial charge in [-0.3, -0.25) is 4.79 Å². The highest BCUT2D eigenvalue weighted by Gasteiger charge is 2.33. The normalized spacial score (nSPS) is 17.4. The topological polar surface area (TPSA) is 91.7 Å². The summed E-state index contributed by atoms with van der Waals surface area (Å²) < 4.78 is 27.2. The molecule has 0 unspecified atom stereocenters. The second-order valence-corrected chi connectivity index (χ2v) is 10.3. The second-order valence-electron chi connectivity index (χ2n) is 6.61. The summed E-state index contributed by atoms with van der Waals surface area (Å²) in [5.41, 5.74) is 2.28. The third-order valence-corrected chi connectivity index (χ3v) is 7.73. The van der Waals surface area contributed by atoms with Gasteiger partial charge in [-0.15, -0.1) is 15.7 Å². The Labute approximate surface area is 166 Å². The molecule has 4 rings (SSSR count). The van der Waals surface area contributed by atoms with Crippen molar-refractivity contribution in [2.45, 2.75) is 31.2 Å². The summed E-state index contributed by atoms with van der Waals surface area (Å²) in [6.07, 6.45) is 0. The van der Waals surface area contributed by atoms with Crippen molar-refractivity contribution in [2.24, 2.45) is 4.40 Å². The van der Waals surface area contributed by atoms with Crippen molar-refractivity contribution in [2.75, 3.05) is 17.2 Å². The minimum Gasteiger partial charge on any atom is -0.346 e. The van der Waals surface area contributed by atoms with Crippen LogP contribution in [0.1, 0.15) is 40.8 Å². The molecule has 0 radical (unpaired) electrons. The first-order valence-electron chi connectivity index (χ1n) is 8.47. The lowest BCUT2D eigenvalue weighted by Crippen LogP contribution is -2.35. The molecule has 2 aromatic rings.